The van der Waals surface area contributed by atoms with Gasteiger partial charge in [-0.3, -0.25) is 4.79 Å². The van der Waals surface area contributed by atoms with E-state index in [1.54, 1.807) is 18.2 Å². The molecule has 1 amide bonds. The van der Waals surface area contributed by atoms with Crippen LogP contribution in [-0.4, -0.2) is 47.6 Å². The van der Waals surface area contributed by atoms with Gasteiger partial charge < -0.3 is 16.2 Å². The van der Waals surface area contributed by atoms with Gasteiger partial charge in [0.1, 0.15) is 5.69 Å². The van der Waals surface area contributed by atoms with Crippen LogP contribution in [0.1, 0.15) is 36.8 Å². The summed E-state index contributed by atoms with van der Waals surface area (Å²) in [6, 6.07) is 10.9. The second kappa shape index (κ2) is 9.50. The largest absolute Gasteiger partial charge is 0.504 e. The van der Waals surface area contributed by atoms with Crippen LogP contribution in [0.25, 0.3) is 16.9 Å². The zero-order valence-electron chi connectivity index (χ0n) is 19.2. The topological polar surface area (TPSA) is 127 Å². The summed E-state index contributed by atoms with van der Waals surface area (Å²) in [5.41, 5.74) is 6.32. The van der Waals surface area contributed by atoms with Gasteiger partial charge in [-0.2, -0.15) is 5.10 Å². The van der Waals surface area contributed by atoms with Crippen LogP contribution in [0.5, 0.6) is 5.75 Å². The maximum atomic E-state index is 12.9. The van der Waals surface area contributed by atoms with Crippen molar-refractivity contribution in [1.29, 1.82) is 0 Å². The Balaban J connectivity index is 2.22. The molecule has 0 unspecified atom stereocenters. The van der Waals surface area contributed by atoms with E-state index in [1.807, 2.05) is 20.8 Å². The number of nitrogens with one attached hydrogen (secondary N) is 1. The van der Waals surface area contributed by atoms with Crippen molar-refractivity contribution in [1.82, 2.24) is 15.1 Å². The fourth-order valence-electron chi connectivity index (χ4n) is 3.17. The van der Waals surface area contributed by atoms with Gasteiger partial charge in [0.05, 0.1) is 22.2 Å². The van der Waals surface area contributed by atoms with E-state index in [2.05, 4.69) is 22.3 Å². The molecule has 0 saturated heterocycles. The van der Waals surface area contributed by atoms with E-state index in [9.17, 15) is 18.3 Å². The highest BCUT2D eigenvalue weighted by molar-refractivity contribution is 7.90. The van der Waals surface area contributed by atoms with Crippen molar-refractivity contribution in [2.75, 3.05) is 12.8 Å². The maximum Gasteiger partial charge on any atom is 0.276 e. The Hall–Kier alpha value is -3.32. The molecule has 2 aromatic carbocycles. The van der Waals surface area contributed by atoms with Gasteiger partial charge in [-0.25, -0.2) is 13.1 Å². The van der Waals surface area contributed by atoms with E-state index in [1.165, 1.54) is 28.9 Å². The second-order valence-electron chi connectivity index (χ2n) is 8.63. The molecular weight excluding hydrogens is 476 g/mol. The SMILES string of the molecule is CC(C)(C)NC(=O)c1nn(-c2ccc(C#CCN)cc2Cl)c(-c2ccc(S(C)(=O)=O)cc2)c1O. The molecule has 0 spiro atoms. The van der Waals surface area contributed by atoms with E-state index < -0.39 is 21.3 Å². The molecule has 0 saturated carbocycles. The zero-order valence-corrected chi connectivity index (χ0v) is 20.8. The number of rotatable bonds is 4. The van der Waals surface area contributed by atoms with Gasteiger partial charge in [0.15, 0.2) is 21.3 Å². The summed E-state index contributed by atoms with van der Waals surface area (Å²) in [5.74, 6) is 4.71. The number of carbonyl (C=O) groups is 1. The minimum atomic E-state index is -3.41. The summed E-state index contributed by atoms with van der Waals surface area (Å²) in [6.07, 6.45) is 1.10. The van der Waals surface area contributed by atoms with Crippen molar-refractivity contribution in [2.45, 2.75) is 31.2 Å². The van der Waals surface area contributed by atoms with Crippen LogP contribution < -0.4 is 11.1 Å². The first-order valence-corrected chi connectivity index (χ1v) is 12.5. The summed E-state index contributed by atoms with van der Waals surface area (Å²) < 4.78 is 25.1. The number of aromatic nitrogens is 2. The van der Waals surface area contributed by atoms with Crippen molar-refractivity contribution in [3.63, 3.8) is 0 Å². The van der Waals surface area contributed by atoms with Crippen LogP contribution in [0.15, 0.2) is 47.4 Å². The fourth-order valence-corrected chi connectivity index (χ4v) is 4.06. The van der Waals surface area contributed by atoms with E-state index in [0.717, 1.165) is 6.26 Å². The molecule has 0 aliphatic heterocycles. The average Bonchev–Trinajstić information content (AvgIpc) is 3.07. The van der Waals surface area contributed by atoms with E-state index in [4.69, 9.17) is 17.3 Å². The summed E-state index contributed by atoms with van der Waals surface area (Å²) >= 11 is 6.51. The third kappa shape index (κ3) is 5.59. The molecule has 178 valence electrons. The normalized spacial score (nSPS) is 11.6. The van der Waals surface area contributed by atoms with Crippen LogP contribution in [0.4, 0.5) is 0 Å². The Bertz CT molecular complexity index is 1410. The number of aromatic hydroxyl groups is 1. The first-order valence-electron chi connectivity index (χ1n) is 10.3. The molecule has 0 atom stereocenters. The zero-order chi connectivity index (χ0) is 25.3. The number of sulfone groups is 1. The third-order valence-electron chi connectivity index (χ3n) is 4.63. The number of hydrogen-bond acceptors (Lipinski definition) is 6. The monoisotopic (exact) mass is 500 g/mol. The van der Waals surface area contributed by atoms with Crippen LogP contribution in [0.3, 0.4) is 0 Å². The van der Waals surface area contributed by atoms with Crippen LogP contribution >= 0.6 is 11.6 Å². The summed E-state index contributed by atoms with van der Waals surface area (Å²) in [7, 11) is -3.41. The Labute approximate surface area is 203 Å². The molecule has 8 nitrogen and oxygen atoms in total. The number of nitrogens with zero attached hydrogens (tertiary/aromatic N) is 2. The van der Waals surface area contributed by atoms with Gasteiger partial charge >= 0.3 is 0 Å². The van der Waals surface area contributed by atoms with Crippen molar-refractivity contribution in [2.24, 2.45) is 5.73 Å². The number of hydrogen-bond donors (Lipinski definition) is 3. The van der Waals surface area contributed by atoms with Crippen LogP contribution in [-0.2, 0) is 9.84 Å². The molecule has 1 heterocycles. The number of carbonyl (C=O) groups excluding carboxylic acids is 1. The third-order valence-corrected chi connectivity index (χ3v) is 6.06. The highest BCUT2D eigenvalue weighted by Crippen LogP contribution is 2.37. The highest BCUT2D eigenvalue weighted by Gasteiger charge is 2.28. The molecule has 0 aliphatic rings. The quantitative estimate of drug-likeness (QED) is 0.472. The van der Waals surface area contributed by atoms with E-state index in [0.29, 0.717) is 16.8 Å². The highest BCUT2D eigenvalue weighted by atomic mass is 35.5. The first-order chi connectivity index (χ1) is 15.8. The Morgan fingerprint density at radius 2 is 1.85 bits per heavy atom. The fraction of sp³-hybridized carbons (Fsp3) is 0.250. The van der Waals surface area contributed by atoms with Crippen LogP contribution in [0.2, 0.25) is 5.02 Å². The number of amides is 1. The van der Waals surface area contributed by atoms with Crippen LogP contribution in [0, 0.1) is 11.8 Å². The second-order valence-corrected chi connectivity index (χ2v) is 11.1. The molecule has 4 N–H and O–H groups in total. The van der Waals surface area contributed by atoms with Crippen molar-refractivity contribution >= 4 is 27.3 Å². The Morgan fingerprint density at radius 1 is 1.21 bits per heavy atom. The average molecular weight is 501 g/mol. The number of halogens is 1. The molecule has 3 rings (SSSR count). The molecule has 1 aromatic heterocycles. The minimum Gasteiger partial charge on any atom is -0.504 e. The Kier molecular flexibility index (Phi) is 7.07. The lowest BCUT2D eigenvalue weighted by Crippen LogP contribution is -2.40. The predicted octanol–water partition coefficient (Wildman–Crippen LogP) is 3.14. The molecule has 0 bridgehead atoms. The van der Waals surface area contributed by atoms with Gasteiger partial charge in [-0.15, -0.1) is 0 Å². The molecule has 0 radical (unpaired) electrons. The van der Waals surface area contributed by atoms with Crippen molar-refractivity contribution < 1.29 is 18.3 Å². The standard InChI is InChI=1S/C24H25ClN4O4S/c1-24(2,3)27-23(31)20-22(30)21(16-8-10-17(11-9-16)34(4,32)33)29(28-20)19-12-7-15(6-5-13-26)14-18(19)25/h7-12,14,30H,13,26H2,1-4H3,(H,27,31). The molecule has 0 fully saturated rings. The van der Waals surface area contributed by atoms with E-state index in [-0.39, 0.29) is 33.6 Å². The lowest BCUT2D eigenvalue weighted by atomic mass is 10.1. The predicted molar refractivity (Wildman–Crippen MR) is 132 cm³/mol. The molecule has 0 aliphatic carbocycles. The lowest BCUT2D eigenvalue weighted by molar-refractivity contribution is 0.0911. The van der Waals surface area contributed by atoms with Gasteiger partial charge in [-0.05, 0) is 51.1 Å². The van der Waals surface area contributed by atoms with Gasteiger partial charge in [0, 0.05) is 22.9 Å². The molecular formula is C24H25ClN4O4S. The van der Waals surface area contributed by atoms with Gasteiger partial charge in [0.2, 0.25) is 0 Å². The minimum absolute atomic E-state index is 0.119. The lowest BCUT2D eigenvalue weighted by Gasteiger charge is -2.19. The first kappa shape index (κ1) is 25.3. The van der Waals surface area contributed by atoms with Crippen molar-refractivity contribution in [3.05, 3.63) is 58.7 Å². The summed E-state index contributed by atoms with van der Waals surface area (Å²) in [5, 5.41) is 18.5. The molecule has 34 heavy (non-hydrogen) atoms. The van der Waals surface area contributed by atoms with Gasteiger partial charge in [-0.1, -0.05) is 35.6 Å². The smallest absolute Gasteiger partial charge is 0.276 e. The van der Waals surface area contributed by atoms with E-state index >= 15 is 0 Å². The summed E-state index contributed by atoms with van der Waals surface area (Å²) in [4.78, 5) is 13.0. The summed E-state index contributed by atoms with van der Waals surface area (Å²) in [6.45, 7) is 5.62. The number of benzene rings is 2. The van der Waals surface area contributed by atoms with Crippen molar-refractivity contribution in [3.8, 4) is 34.5 Å². The molecule has 10 heteroatoms. The Morgan fingerprint density at radius 3 is 2.38 bits per heavy atom. The van der Waals surface area contributed by atoms with Gasteiger partial charge in [0.25, 0.3) is 5.91 Å². The maximum absolute atomic E-state index is 12.9. The molecule has 3 aromatic rings. The number of nitrogens with two attached hydrogens (primary N) is 1.